The molecule has 362 valence electrons. The van der Waals surface area contributed by atoms with Gasteiger partial charge in [0, 0.05) is 53.8 Å². The monoisotopic (exact) mass is 952 g/mol. The molecule has 4 aliphatic rings. The van der Waals surface area contributed by atoms with Crippen LogP contribution in [0.2, 0.25) is 0 Å². The summed E-state index contributed by atoms with van der Waals surface area (Å²) in [4.78, 5) is 47.6. The van der Waals surface area contributed by atoms with Crippen molar-refractivity contribution in [1.82, 2.24) is 48.3 Å². The molecule has 1 N–H and O–H groups in total. The van der Waals surface area contributed by atoms with E-state index in [-0.39, 0.29) is 45.6 Å². The molecule has 18 heteroatoms. The van der Waals surface area contributed by atoms with E-state index < -0.39 is 28.8 Å². The molecule has 3 aromatic carbocycles. The Bertz CT molecular complexity index is 3560. The molecule has 4 atom stereocenters. The minimum absolute atomic E-state index is 0.00673. The molecular formula is C52H54F2N10O6. The molecule has 3 aliphatic heterocycles. The molecule has 3 fully saturated rings. The van der Waals surface area contributed by atoms with E-state index in [1.54, 1.807) is 58.6 Å². The van der Waals surface area contributed by atoms with E-state index in [1.165, 1.54) is 21.5 Å². The first-order valence-electron chi connectivity index (χ1n) is 24.0. The van der Waals surface area contributed by atoms with Crippen molar-refractivity contribution < 1.29 is 27.6 Å². The third-order valence-electron chi connectivity index (χ3n) is 15.5. The molecule has 5 aromatic heterocycles. The van der Waals surface area contributed by atoms with Crippen LogP contribution in [0, 0.1) is 36.8 Å². The van der Waals surface area contributed by atoms with E-state index in [4.69, 9.17) is 19.1 Å². The highest BCUT2D eigenvalue weighted by Crippen LogP contribution is 2.56. The van der Waals surface area contributed by atoms with Crippen LogP contribution in [0.25, 0.3) is 39.0 Å². The molecule has 0 radical (unpaired) electrons. The Labute approximate surface area is 400 Å². The van der Waals surface area contributed by atoms with Crippen LogP contribution in [-0.4, -0.2) is 86.2 Å². The van der Waals surface area contributed by atoms with Crippen molar-refractivity contribution in [2.24, 2.45) is 11.3 Å². The van der Waals surface area contributed by atoms with Gasteiger partial charge in [-0.25, -0.2) is 23.1 Å². The number of aryl methyl sites for hydroxylation is 2. The average Bonchev–Trinajstić information content (AvgIpc) is 3.96. The fraction of sp³-hybridized carbons (Fsp3) is 0.423. The number of hydrogen-bond donors (Lipinski definition) is 1. The summed E-state index contributed by atoms with van der Waals surface area (Å²) in [6, 6.07) is 14.4. The zero-order valence-electron chi connectivity index (χ0n) is 40.2. The molecule has 0 unspecified atom stereocenters. The second kappa shape index (κ2) is 15.5. The molecular weight excluding hydrogens is 899 g/mol. The Morgan fingerprint density at radius 2 is 1.67 bits per heavy atom. The number of fused-ring (bicyclic) bond motifs is 3. The van der Waals surface area contributed by atoms with Crippen molar-refractivity contribution in [2.45, 2.75) is 104 Å². The third kappa shape index (κ3) is 6.72. The Balaban J connectivity index is 0.978. The topological polar surface area (TPSA) is 165 Å². The first kappa shape index (κ1) is 44.3. The van der Waals surface area contributed by atoms with Crippen LogP contribution in [0.5, 0.6) is 0 Å². The number of ether oxygens (including phenoxy) is 2. The van der Waals surface area contributed by atoms with Crippen molar-refractivity contribution in [2.75, 3.05) is 26.4 Å². The number of aromatic amines is 1. The zero-order valence-corrected chi connectivity index (χ0v) is 40.2. The standard InChI is InChI=1S/C52H54F2N10O6/c1-28-18-35(19-29(2)43(28)53)64-45(61-16-15-60(49(61)67)40-11-10-39-36(44(40)54)24-55-62(39)25-51(7)26-68-27-51)42-31(4)59(14-12-37(42)57-64)46(65)41-21-34-20-32(33-13-17-69-50(5,6)23-33)8-9-38(34)63(41)52(22-30(52)3)47-56-48(66)70-58-47/h8-11,15-16,18-21,24,30-31,33H,12-14,17,22-23,25-27H2,1-7H3,(H,56,58,66)/t30-,31-,33-,52-/m0/s1. The summed E-state index contributed by atoms with van der Waals surface area (Å²) < 4.78 is 56.5. The third-order valence-corrected chi connectivity index (χ3v) is 15.5. The molecule has 1 saturated carbocycles. The van der Waals surface area contributed by atoms with E-state index in [0.717, 1.165) is 29.3 Å². The number of nitrogens with one attached hydrogen (secondary N) is 1. The van der Waals surface area contributed by atoms with Gasteiger partial charge in [-0.3, -0.25) is 28.1 Å². The lowest BCUT2D eigenvalue weighted by atomic mass is 9.83. The van der Waals surface area contributed by atoms with Crippen molar-refractivity contribution in [3.63, 3.8) is 0 Å². The number of amides is 1. The van der Waals surface area contributed by atoms with Gasteiger partial charge in [0.15, 0.2) is 11.6 Å². The fourth-order valence-corrected chi connectivity index (χ4v) is 11.7. The van der Waals surface area contributed by atoms with Gasteiger partial charge >= 0.3 is 11.4 Å². The summed E-state index contributed by atoms with van der Waals surface area (Å²) in [6.45, 7) is 16.3. The maximum Gasteiger partial charge on any atom is 0.438 e. The van der Waals surface area contributed by atoms with Gasteiger partial charge in [0.1, 0.15) is 22.9 Å². The number of carbonyl (C=O) groups excluding carboxylic acids is 1. The zero-order chi connectivity index (χ0) is 48.8. The molecule has 8 heterocycles. The largest absolute Gasteiger partial charge is 0.438 e. The quantitative estimate of drug-likeness (QED) is 0.151. The summed E-state index contributed by atoms with van der Waals surface area (Å²) in [7, 11) is 0. The highest BCUT2D eigenvalue weighted by molar-refractivity contribution is 6.00. The molecule has 12 rings (SSSR count). The van der Waals surface area contributed by atoms with Crippen molar-refractivity contribution >= 4 is 27.7 Å². The Morgan fingerprint density at radius 3 is 2.36 bits per heavy atom. The van der Waals surface area contributed by atoms with Crippen LogP contribution in [0.3, 0.4) is 0 Å². The van der Waals surface area contributed by atoms with E-state index >= 15 is 13.6 Å². The van der Waals surface area contributed by atoms with Crippen LogP contribution in [0.4, 0.5) is 8.78 Å². The highest BCUT2D eigenvalue weighted by atomic mass is 19.1. The predicted octanol–water partition coefficient (Wildman–Crippen LogP) is 7.94. The number of halogens is 2. The number of benzene rings is 3. The van der Waals surface area contributed by atoms with Gasteiger partial charge < -0.3 is 18.9 Å². The van der Waals surface area contributed by atoms with E-state index in [2.05, 4.69) is 61.1 Å². The Morgan fingerprint density at radius 1 is 0.929 bits per heavy atom. The van der Waals surface area contributed by atoms with Crippen LogP contribution < -0.4 is 11.4 Å². The minimum atomic E-state index is -0.865. The fourth-order valence-electron chi connectivity index (χ4n) is 11.7. The second-order valence-corrected chi connectivity index (χ2v) is 21.1. The molecule has 1 aliphatic carbocycles. The van der Waals surface area contributed by atoms with E-state index in [1.807, 2.05) is 17.6 Å². The Hall–Kier alpha value is -6.92. The van der Waals surface area contributed by atoms with E-state index in [0.29, 0.717) is 96.7 Å². The molecule has 0 bridgehead atoms. The van der Waals surface area contributed by atoms with Gasteiger partial charge in [-0.1, -0.05) is 25.1 Å². The number of H-pyrrole nitrogens is 1. The number of imidazole rings is 1. The number of aromatic nitrogens is 9. The summed E-state index contributed by atoms with van der Waals surface area (Å²) in [5, 5.41) is 14.9. The van der Waals surface area contributed by atoms with Crippen LogP contribution in [0.15, 0.2) is 81.2 Å². The highest BCUT2D eigenvalue weighted by Gasteiger charge is 2.59. The summed E-state index contributed by atoms with van der Waals surface area (Å²) in [6.07, 6.45) is 7.24. The van der Waals surface area contributed by atoms with Gasteiger partial charge in [0.2, 0.25) is 0 Å². The SMILES string of the molecule is Cc1cc(-n2nc3c(c2-n2ccn(-c4ccc5c(cnn5CC5(C)COC5)c4F)c2=O)[C@H](C)N(C(=O)c2cc4cc([C@H]5CCOC(C)(C)C5)ccc4n2[C@@]2(c4noc(=O)[nH]4)C[C@@H]2C)CC3)cc(C)c1F. The average molecular weight is 953 g/mol. The van der Waals surface area contributed by atoms with Crippen LogP contribution >= 0.6 is 0 Å². The molecule has 1 amide bonds. The minimum Gasteiger partial charge on any atom is -0.380 e. The second-order valence-electron chi connectivity index (χ2n) is 21.1. The first-order chi connectivity index (χ1) is 33.4. The van der Waals surface area contributed by atoms with E-state index in [9.17, 15) is 9.59 Å². The smallest absolute Gasteiger partial charge is 0.380 e. The summed E-state index contributed by atoms with van der Waals surface area (Å²) >= 11 is 0. The van der Waals surface area contributed by atoms with Crippen LogP contribution in [-0.2, 0) is 28.0 Å². The number of carbonyl (C=O) groups is 1. The van der Waals surface area contributed by atoms with Gasteiger partial charge in [-0.15, -0.1) is 0 Å². The Kier molecular flexibility index (Phi) is 9.83. The van der Waals surface area contributed by atoms with Gasteiger partial charge in [-0.05, 0) is 125 Å². The molecule has 70 heavy (non-hydrogen) atoms. The maximum atomic E-state index is 16.6. The number of hydrogen-bond acceptors (Lipinski definition) is 9. The van der Waals surface area contributed by atoms with Crippen molar-refractivity contribution in [1.29, 1.82) is 0 Å². The van der Waals surface area contributed by atoms with Crippen molar-refractivity contribution in [3.05, 3.63) is 139 Å². The van der Waals surface area contributed by atoms with Crippen LogP contribution in [0.1, 0.15) is 110 Å². The number of rotatable bonds is 9. The predicted molar refractivity (Wildman–Crippen MR) is 255 cm³/mol. The van der Waals surface area contributed by atoms with Gasteiger partial charge in [-0.2, -0.15) is 10.2 Å². The molecule has 2 saturated heterocycles. The van der Waals surface area contributed by atoms with Crippen molar-refractivity contribution in [3.8, 4) is 17.2 Å². The lowest BCUT2D eigenvalue weighted by Gasteiger charge is -2.37. The maximum absolute atomic E-state index is 16.6. The normalized spacial score (nSPS) is 22.7. The first-order valence-corrected chi connectivity index (χ1v) is 24.0. The van der Waals surface area contributed by atoms with Gasteiger partial charge in [0.05, 0.1) is 65.6 Å². The molecule has 16 nitrogen and oxygen atoms in total. The van der Waals surface area contributed by atoms with Gasteiger partial charge in [0.25, 0.3) is 5.91 Å². The molecule has 0 spiro atoms. The molecule has 8 aromatic rings. The number of nitrogens with zero attached hydrogens (tertiary/aromatic N) is 9. The lowest BCUT2D eigenvalue weighted by Crippen LogP contribution is -2.43. The summed E-state index contributed by atoms with van der Waals surface area (Å²) in [5.41, 5.74) is 3.81. The summed E-state index contributed by atoms with van der Waals surface area (Å²) in [5.74, 6) is -0.941. The lowest BCUT2D eigenvalue weighted by molar-refractivity contribution is -0.111.